The zero-order valence-electron chi connectivity index (χ0n) is 12.1. The predicted octanol–water partition coefficient (Wildman–Crippen LogP) is 2.18. The SMILES string of the molecule is CCCCC(N)C(=O)N(C)CCOc1ccc(F)cc1. The van der Waals surface area contributed by atoms with E-state index in [1.165, 1.54) is 12.1 Å². The van der Waals surface area contributed by atoms with Crippen LogP contribution < -0.4 is 10.5 Å². The molecule has 1 rings (SSSR count). The Labute approximate surface area is 119 Å². The molecule has 0 saturated carbocycles. The molecule has 0 aliphatic rings. The van der Waals surface area contributed by atoms with Crippen molar-refractivity contribution in [3.63, 3.8) is 0 Å². The number of unbranched alkanes of at least 4 members (excludes halogenated alkanes) is 1. The second-order valence-electron chi connectivity index (χ2n) is 4.81. The molecule has 0 aliphatic carbocycles. The lowest BCUT2D eigenvalue weighted by atomic mass is 10.1. The summed E-state index contributed by atoms with van der Waals surface area (Å²) in [4.78, 5) is 13.5. The lowest BCUT2D eigenvalue weighted by Crippen LogP contribution is -2.43. The van der Waals surface area contributed by atoms with E-state index in [0.29, 0.717) is 25.3 Å². The van der Waals surface area contributed by atoms with E-state index in [0.717, 1.165) is 12.8 Å². The van der Waals surface area contributed by atoms with Crippen LogP contribution in [0.3, 0.4) is 0 Å². The molecular weight excluding hydrogens is 259 g/mol. The maximum atomic E-state index is 12.7. The Morgan fingerprint density at radius 2 is 2.05 bits per heavy atom. The summed E-state index contributed by atoms with van der Waals surface area (Å²) < 4.78 is 18.2. The minimum atomic E-state index is -0.439. The molecule has 1 aromatic carbocycles. The van der Waals surface area contributed by atoms with Gasteiger partial charge in [-0.1, -0.05) is 19.8 Å². The van der Waals surface area contributed by atoms with Crippen molar-refractivity contribution < 1.29 is 13.9 Å². The van der Waals surface area contributed by atoms with Crippen molar-refractivity contribution in [2.45, 2.75) is 32.2 Å². The monoisotopic (exact) mass is 282 g/mol. The van der Waals surface area contributed by atoms with E-state index in [9.17, 15) is 9.18 Å². The van der Waals surface area contributed by atoms with Gasteiger partial charge in [0.2, 0.25) is 5.91 Å². The van der Waals surface area contributed by atoms with E-state index >= 15 is 0 Å². The number of rotatable bonds is 8. The number of ether oxygens (including phenoxy) is 1. The van der Waals surface area contributed by atoms with Gasteiger partial charge in [0.1, 0.15) is 18.2 Å². The number of nitrogens with zero attached hydrogens (tertiary/aromatic N) is 1. The lowest BCUT2D eigenvalue weighted by Gasteiger charge is -2.21. The van der Waals surface area contributed by atoms with Crippen molar-refractivity contribution in [1.29, 1.82) is 0 Å². The highest BCUT2D eigenvalue weighted by Crippen LogP contribution is 2.10. The first-order valence-electron chi connectivity index (χ1n) is 6.93. The molecule has 1 aromatic rings. The highest BCUT2D eigenvalue weighted by Gasteiger charge is 2.17. The third-order valence-corrected chi connectivity index (χ3v) is 3.07. The van der Waals surface area contributed by atoms with Crippen molar-refractivity contribution >= 4 is 5.91 Å². The molecule has 112 valence electrons. The van der Waals surface area contributed by atoms with Gasteiger partial charge in [-0.05, 0) is 30.7 Å². The molecule has 2 N–H and O–H groups in total. The first kappa shape index (κ1) is 16.4. The summed E-state index contributed by atoms with van der Waals surface area (Å²) in [5.74, 6) is 0.218. The summed E-state index contributed by atoms with van der Waals surface area (Å²) >= 11 is 0. The fourth-order valence-corrected chi connectivity index (χ4v) is 1.77. The fraction of sp³-hybridized carbons (Fsp3) is 0.533. The van der Waals surface area contributed by atoms with Crippen LogP contribution in [0.25, 0.3) is 0 Å². The van der Waals surface area contributed by atoms with Crippen LogP contribution in [0.5, 0.6) is 5.75 Å². The minimum Gasteiger partial charge on any atom is -0.492 e. The number of carbonyl (C=O) groups excluding carboxylic acids is 1. The molecule has 0 aliphatic heterocycles. The Bertz CT molecular complexity index is 409. The van der Waals surface area contributed by atoms with Crippen LogP contribution in [-0.4, -0.2) is 37.0 Å². The summed E-state index contributed by atoms with van der Waals surface area (Å²) in [5.41, 5.74) is 5.83. The minimum absolute atomic E-state index is 0.0684. The van der Waals surface area contributed by atoms with Gasteiger partial charge in [-0.2, -0.15) is 0 Å². The third-order valence-electron chi connectivity index (χ3n) is 3.07. The normalized spacial score (nSPS) is 12.0. The summed E-state index contributed by atoms with van der Waals surface area (Å²) in [6.45, 7) is 2.88. The van der Waals surface area contributed by atoms with Crippen molar-refractivity contribution in [2.75, 3.05) is 20.2 Å². The van der Waals surface area contributed by atoms with Gasteiger partial charge in [-0.15, -0.1) is 0 Å². The maximum Gasteiger partial charge on any atom is 0.239 e. The number of benzene rings is 1. The van der Waals surface area contributed by atoms with Crippen LogP contribution in [0.15, 0.2) is 24.3 Å². The Balaban J connectivity index is 2.30. The van der Waals surface area contributed by atoms with E-state index < -0.39 is 6.04 Å². The number of amides is 1. The zero-order valence-corrected chi connectivity index (χ0v) is 12.1. The molecule has 0 fully saturated rings. The molecule has 0 aromatic heterocycles. The number of hydrogen-bond acceptors (Lipinski definition) is 3. The molecule has 5 heteroatoms. The molecule has 1 unspecified atom stereocenters. The number of likely N-dealkylation sites (N-methyl/N-ethyl adjacent to an activating group) is 1. The molecule has 0 saturated heterocycles. The van der Waals surface area contributed by atoms with Crippen LogP contribution in [0.1, 0.15) is 26.2 Å². The maximum absolute atomic E-state index is 12.7. The first-order valence-corrected chi connectivity index (χ1v) is 6.93. The molecule has 4 nitrogen and oxygen atoms in total. The first-order chi connectivity index (χ1) is 9.54. The van der Waals surface area contributed by atoms with Crippen molar-refractivity contribution in [3.05, 3.63) is 30.1 Å². The van der Waals surface area contributed by atoms with Gasteiger partial charge in [-0.25, -0.2) is 4.39 Å². The summed E-state index contributed by atoms with van der Waals surface area (Å²) in [5, 5.41) is 0. The largest absolute Gasteiger partial charge is 0.492 e. The van der Waals surface area contributed by atoms with Gasteiger partial charge in [-0.3, -0.25) is 4.79 Å². The van der Waals surface area contributed by atoms with E-state index in [1.54, 1.807) is 24.1 Å². The average Bonchev–Trinajstić information content (AvgIpc) is 2.45. The molecule has 1 amide bonds. The Morgan fingerprint density at radius 3 is 2.65 bits per heavy atom. The van der Waals surface area contributed by atoms with Gasteiger partial charge < -0.3 is 15.4 Å². The number of carbonyl (C=O) groups is 1. The summed E-state index contributed by atoms with van der Waals surface area (Å²) in [6.07, 6.45) is 2.68. The molecule has 1 atom stereocenters. The second-order valence-corrected chi connectivity index (χ2v) is 4.81. The predicted molar refractivity (Wildman–Crippen MR) is 77.0 cm³/mol. The molecule has 0 heterocycles. The lowest BCUT2D eigenvalue weighted by molar-refractivity contribution is -0.131. The number of hydrogen-bond donors (Lipinski definition) is 1. The quantitative estimate of drug-likeness (QED) is 0.795. The summed E-state index contributed by atoms with van der Waals surface area (Å²) in [6, 6.07) is 5.36. The number of nitrogens with two attached hydrogens (primary N) is 1. The van der Waals surface area contributed by atoms with Crippen molar-refractivity contribution in [3.8, 4) is 5.75 Å². The van der Waals surface area contributed by atoms with Crippen LogP contribution >= 0.6 is 0 Å². The molecule has 0 bridgehead atoms. The van der Waals surface area contributed by atoms with Crippen molar-refractivity contribution in [2.24, 2.45) is 5.73 Å². The van der Waals surface area contributed by atoms with Gasteiger partial charge in [0, 0.05) is 7.05 Å². The second kappa shape index (κ2) is 8.53. The van der Waals surface area contributed by atoms with E-state index in [-0.39, 0.29) is 11.7 Å². The van der Waals surface area contributed by atoms with Crippen LogP contribution in [0.2, 0.25) is 0 Å². The van der Waals surface area contributed by atoms with Gasteiger partial charge >= 0.3 is 0 Å². The smallest absolute Gasteiger partial charge is 0.239 e. The van der Waals surface area contributed by atoms with E-state index in [2.05, 4.69) is 6.92 Å². The zero-order chi connectivity index (χ0) is 15.0. The Kier molecular flexibility index (Phi) is 7.01. The van der Waals surface area contributed by atoms with Crippen LogP contribution in [0.4, 0.5) is 4.39 Å². The topological polar surface area (TPSA) is 55.6 Å². The number of halogens is 1. The fourth-order valence-electron chi connectivity index (χ4n) is 1.77. The third kappa shape index (κ3) is 5.57. The van der Waals surface area contributed by atoms with Gasteiger partial charge in [0.25, 0.3) is 0 Å². The highest BCUT2D eigenvalue weighted by atomic mass is 19.1. The molecule has 0 radical (unpaired) electrons. The van der Waals surface area contributed by atoms with Crippen LogP contribution in [0, 0.1) is 5.82 Å². The van der Waals surface area contributed by atoms with E-state index in [1.807, 2.05) is 0 Å². The summed E-state index contributed by atoms with van der Waals surface area (Å²) in [7, 11) is 1.71. The van der Waals surface area contributed by atoms with Crippen LogP contribution in [-0.2, 0) is 4.79 Å². The van der Waals surface area contributed by atoms with Gasteiger partial charge in [0.15, 0.2) is 0 Å². The molecule has 20 heavy (non-hydrogen) atoms. The van der Waals surface area contributed by atoms with E-state index in [4.69, 9.17) is 10.5 Å². The average molecular weight is 282 g/mol. The standard InChI is InChI=1S/C15H23FN2O2/c1-3-4-5-14(17)15(19)18(2)10-11-20-13-8-6-12(16)7-9-13/h6-9,14H,3-5,10-11,17H2,1-2H3. The Hall–Kier alpha value is -1.62. The highest BCUT2D eigenvalue weighted by molar-refractivity contribution is 5.81. The Morgan fingerprint density at radius 1 is 1.40 bits per heavy atom. The molecular formula is C15H23FN2O2. The molecule has 0 spiro atoms. The van der Waals surface area contributed by atoms with Crippen molar-refractivity contribution in [1.82, 2.24) is 4.90 Å². The van der Waals surface area contributed by atoms with Gasteiger partial charge in [0.05, 0.1) is 12.6 Å².